The molecule has 1 aromatic carbocycles. The molecule has 2 aromatic rings. The Kier molecular flexibility index (Phi) is 3.36. The number of aryl methyl sites for hydroxylation is 1. The number of nitrogens with one attached hydrogen (secondary N) is 1. The molecule has 0 fully saturated rings. The molecule has 0 aliphatic heterocycles. The minimum atomic E-state index is 0.440. The molecule has 0 aliphatic rings. The first-order valence-corrected chi connectivity index (χ1v) is 5.75. The normalized spacial score (nSPS) is 10.1. The zero-order valence-corrected chi connectivity index (χ0v) is 10.0. The number of rotatable bonds is 4. The highest BCUT2D eigenvalue weighted by molar-refractivity contribution is 7.10. The highest BCUT2D eigenvalue weighted by Gasteiger charge is 2.06. The Labute approximate surface area is 98.4 Å². The van der Waals surface area contributed by atoms with Gasteiger partial charge in [0.1, 0.15) is 23.1 Å². The van der Waals surface area contributed by atoms with Gasteiger partial charge in [-0.3, -0.25) is 0 Å². The first-order chi connectivity index (χ1) is 7.79. The SMILES string of the molecule is CNc1snnc1COc1ccc(C)cc1. The molecule has 84 valence electrons. The third-order valence-corrected chi connectivity index (χ3v) is 2.96. The molecular weight excluding hydrogens is 222 g/mol. The number of anilines is 1. The van der Waals surface area contributed by atoms with Crippen molar-refractivity contribution in [2.75, 3.05) is 12.4 Å². The van der Waals surface area contributed by atoms with Gasteiger partial charge in [-0.2, -0.15) is 0 Å². The summed E-state index contributed by atoms with van der Waals surface area (Å²) in [7, 11) is 1.85. The highest BCUT2D eigenvalue weighted by Crippen LogP contribution is 2.19. The lowest BCUT2D eigenvalue weighted by atomic mass is 10.2. The topological polar surface area (TPSA) is 47.0 Å². The van der Waals surface area contributed by atoms with Crippen molar-refractivity contribution in [1.29, 1.82) is 0 Å². The van der Waals surface area contributed by atoms with E-state index in [9.17, 15) is 0 Å². The second-order valence-corrected chi connectivity index (χ2v) is 4.15. The number of hydrogen-bond acceptors (Lipinski definition) is 5. The van der Waals surface area contributed by atoms with Gasteiger partial charge in [0.15, 0.2) is 0 Å². The molecule has 0 radical (unpaired) electrons. The van der Waals surface area contributed by atoms with Crippen molar-refractivity contribution in [2.24, 2.45) is 0 Å². The van der Waals surface area contributed by atoms with Gasteiger partial charge in [0.05, 0.1) is 0 Å². The number of hydrogen-bond donors (Lipinski definition) is 1. The molecule has 5 heteroatoms. The Bertz CT molecular complexity index is 453. The summed E-state index contributed by atoms with van der Waals surface area (Å²) in [5.74, 6) is 0.848. The molecule has 0 amide bonds. The molecule has 0 aliphatic carbocycles. The zero-order valence-electron chi connectivity index (χ0n) is 9.23. The maximum atomic E-state index is 5.61. The molecule has 0 bridgehead atoms. The Hall–Kier alpha value is -1.62. The largest absolute Gasteiger partial charge is 0.487 e. The first-order valence-electron chi connectivity index (χ1n) is 4.98. The molecule has 0 saturated carbocycles. The van der Waals surface area contributed by atoms with Crippen LogP contribution in [0.2, 0.25) is 0 Å². The maximum absolute atomic E-state index is 5.61. The lowest BCUT2D eigenvalue weighted by Gasteiger charge is -2.05. The molecule has 1 N–H and O–H groups in total. The maximum Gasteiger partial charge on any atom is 0.136 e. The van der Waals surface area contributed by atoms with E-state index in [1.165, 1.54) is 17.1 Å². The summed E-state index contributed by atoms with van der Waals surface area (Å²) < 4.78 is 9.48. The van der Waals surface area contributed by atoms with E-state index in [0.29, 0.717) is 6.61 Å². The van der Waals surface area contributed by atoms with Crippen LogP contribution in [0.1, 0.15) is 11.3 Å². The summed E-state index contributed by atoms with van der Waals surface area (Å²) in [5, 5.41) is 7.99. The number of nitrogens with zero attached hydrogens (tertiary/aromatic N) is 2. The average molecular weight is 235 g/mol. The second-order valence-electron chi connectivity index (χ2n) is 3.40. The molecule has 0 unspecified atom stereocenters. The van der Waals surface area contributed by atoms with Crippen molar-refractivity contribution >= 4 is 16.5 Å². The van der Waals surface area contributed by atoms with Gasteiger partial charge in [0, 0.05) is 18.6 Å². The Morgan fingerprint density at radius 1 is 1.31 bits per heavy atom. The van der Waals surface area contributed by atoms with Crippen LogP contribution < -0.4 is 10.1 Å². The lowest BCUT2D eigenvalue weighted by Crippen LogP contribution is -1.99. The summed E-state index contributed by atoms with van der Waals surface area (Å²) >= 11 is 1.33. The second kappa shape index (κ2) is 4.94. The Balaban J connectivity index is 1.99. The van der Waals surface area contributed by atoms with Crippen molar-refractivity contribution in [2.45, 2.75) is 13.5 Å². The van der Waals surface area contributed by atoms with Gasteiger partial charge in [-0.15, -0.1) is 5.10 Å². The van der Waals surface area contributed by atoms with Gasteiger partial charge >= 0.3 is 0 Å². The van der Waals surface area contributed by atoms with Crippen molar-refractivity contribution in [3.63, 3.8) is 0 Å². The molecule has 4 nitrogen and oxygen atoms in total. The summed E-state index contributed by atoms with van der Waals surface area (Å²) in [5.41, 5.74) is 2.06. The van der Waals surface area contributed by atoms with Gasteiger partial charge in [0.2, 0.25) is 0 Å². The van der Waals surface area contributed by atoms with Gasteiger partial charge in [-0.1, -0.05) is 22.2 Å². The van der Waals surface area contributed by atoms with Crippen LogP contribution in [0.3, 0.4) is 0 Å². The molecule has 1 heterocycles. The van der Waals surface area contributed by atoms with Crippen molar-refractivity contribution < 1.29 is 4.74 Å². The third-order valence-electron chi connectivity index (χ3n) is 2.18. The lowest BCUT2D eigenvalue weighted by molar-refractivity contribution is 0.301. The van der Waals surface area contributed by atoms with E-state index < -0.39 is 0 Å². The molecule has 1 aromatic heterocycles. The predicted octanol–water partition coefficient (Wildman–Crippen LogP) is 2.47. The van der Waals surface area contributed by atoms with E-state index in [2.05, 4.69) is 14.9 Å². The van der Waals surface area contributed by atoms with E-state index in [-0.39, 0.29) is 0 Å². The van der Waals surface area contributed by atoms with Crippen molar-refractivity contribution in [3.8, 4) is 5.75 Å². The molecule has 0 spiro atoms. The van der Waals surface area contributed by atoms with Crippen molar-refractivity contribution in [1.82, 2.24) is 9.59 Å². The summed E-state index contributed by atoms with van der Waals surface area (Å²) in [6.45, 7) is 2.49. The smallest absolute Gasteiger partial charge is 0.136 e. The minimum absolute atomic E-state index is 0.440. The molecular formula is C11H13N3OS. The van der Waals surface area contributed by atoms with E-state index >= 15 is 0 Å². The van der Waals surface area contributed by atoms with E-state index in [4.69, 9.17) is 4.74 Å². The fraction of sp³-hybridized carbons (Fsp3) is 0.273. The van der Waals surface area contributed by atoms with Crippen LogP contribution in [0.25, 0.3) is 0 Å². The van der Waals surface area contributed by atoms with E-state index in [1.54, 1.807) is 0 Å². The Morgan fingerprint density at radius 2 is 2.06 bits per heavy atom. The van der Waals surface area contributed by atoms with E-state index in [0.717, 1.165) is 16.4 Å². The zero-order chi connectivity index (χ0) is 11.4. The van der Waals surface area contributed by atoms with Crippen LogP contribution in [0, 0.1) is 6.92 Å². The number of benzene rings is 1. The van der Waals surface area contributed by atoms with Gasteiger partial charge in [-0.05, 0) is 19.1 Å². The van der Waals surface area contributed by atoms with Gasteiger partial charge in [-0.25, -0.2) is 0 Å². The molecule has 16 heavy (non-hydrogen) atoms. The summed E-state index contributed by atoms with van der Waals surface area (Å²) in [6.07, 6.45) is 0. The fourth-order valence-electron chi connectivity index (χ4n) is 1.28. The monoisotopic (exact) mass is 235 g/mol. The van der Waals surface area contributed by atoms with E-state index in [1.807, 2.05) is 38.2 Å². The molecule has 0 atom stereocenters. The standard InChI is InChI=1S/C11H13N3OS/c1-8-3-5-9(6-4-8)15-7-10-11(12-2)16-14-13-10/h3-6,12H,7H2,1-2H3. The van der Waals surface area contributed by atoms with Crippen LogP contribution in [-0.2, 0) is 6.61 Å². The highest BCUT2D eigenvalue weighted by atomic mass is 32.1. The Morgan fingerprint density at radius 3 is 2.75 bits per heavy atom. The fourth-order valence-corrected chi connectivity index (χ4v) is 1.80. The van der Waals surface area contributed by atoms with Gasteiger partial charge in [0.25, 0.3) is 0 Å². The van der Waals surface area contributed by atoms with Crippen LogP contribution in [-0.4, -0.2) is 16.6 Å². The van der Waals surface area contributed by atoms with Crippen molar-refractivity contribution in [3.05, 3.63) is 35.5 Å². The van der Waals surface area contributed by atoms with Crippen LogP contribution in [0.15, 0.2) is 24.3 Å². The predicted molar refractivity (Wildman–Crippen MR) is 65.0 cm³/mol. The van der Waals surface area contributed by atoms with Crippen LogP contribution >= 0.6 is 11.5 Å². The summed E-state index contributed by atoms with van der Waals surface area (Å²) in [4.78, 5) is 0. The quantitative estimate of drug-likeness (QED) is 0.884. The number of aromatic nitrogens is 2. The molecule has 2 rings (SSSR count). The van der Waals surface area contributed by atoms with Crippen LogP contribution in [0.4, 0.5) is 5.00 Å². The average Bonchev–Trinajstić information content (AvgIpc) is 2.76. The first kappa shape index (κ1) is 10.9. The minimum Gasteiger partial charge on any atom is -0.487 e. The summed E-state index contributed by atoms with van der Waals surface area (Å²) in [6, 6.07) is 7.95. The van der Waals surface area contributed by atoms with Crippen LogP contribution in [0.5, 0.6) is 5.75 Å². The number of ether oxygens (including phenoxy) is 1. The molecule has 0 saturated heterocycles. The third kappa shape index (κ3) is 2.49. The van der Waals surface area contributed by atoms with Gasteiger partial charge < -0.3 is 10.1 Å².